The number of carbonyl (C=O) groups is 1. The van der Waals surface area contributed by atoms with Crippen molar-refractivity contribution in [1.82, 2.24) is 4.98 Å². The molecule has 1 unspecified atom stereocenters. The minimum absolute atomic E-state index is 0.108. The second-order valence-corrected chi connectivity index (χ2v) is 8.70. The van der Waals surface area contributed by atoms with Crippen LogP contribution >= 0.6 is 11.3 Å². The average Bonchev–Trinajstić information content (AvgIpc) is 3.04. The summed E-state index contributed by atoms with van der Waals surface area (Å²) in [5, 5.41) is 1.18. The van der Waals surface area contributed by atoms with Crippen molar-refractivity contribution in [2.75, 3.05) is 0 Å². The number of nitrogens with zero attached hydrogens (tertiary/aromatic N) is 1. The van der Waals surface area contributed by atoms with Crippen molar-refractivity contribution < 1.29 is 14.3 Å². The van der Waals surface area contributed by atoms with E-state index in [0.717, 1.165) is 16.0 Å². The summed E-state index contributed by atoms with van der Waals surface area (Å²) in [6, 6.07) is 12.3. The molecule has 0 fully saturated rings. The maximum absolute atomic E-state index is 11.8. The second-order valence-electron chi connectivity index (χ2n) is 7.61. The Morgan fingerprint density at radius 1 is 1.29 bits per heavy atom. The number of carbonyl (C=O) groups excluding carboxylic acids is 1. The molecular formula is C23H25NO3S. The van der Waals surface area contributed by atoms with Gasteiger partial charge in [0.25, 0.3) is 0 Å². The predicted octanol–water partition coefficient (Wildman–Crippen LogP) is 6.02. The third-order valence-electron chi connectivity index (χ3n) is 4.27. The van der Waals surface area contributed by atoms with Crippen molar-refractivity contribution >= 4 is 27.4 Å². The molecule has 146 valence electrons. The van der Waals surface area contributed by atoms with E-state index in [1.807, 2.05) is 39.1 Å². The number of thiophene rings is 1. The van der Waals surface area contributed by atoms with Crippen molar-refractivity contribution in [2.24, 2.45) is 0 Å². The van der Waals surface area contributed by atoms with E-state index >= 15 is 0 Å². The van der Waals surface area contributed by atoms with Gasteiger partial charge in [-0.05, 0) is 63.4 Å². The number of ether oxygens (including phenoxy) is 2. The number of esters is 1. The van der Waals surface area contributed by atoms with Gasteiger partial charge in [-0.15, -0.1) is 11.3 Å². The fourth-order valence-corrected chi connectivity index (χ4v) is 4.16. The molecule has 0 aliphatic carbocycles. The lowest BCUT2D eigenvalue weighted by Crippen LogP contribution is -2.33. The monoisotopic (exact) mass is 395 g/mol. The first-order valence-corrected chi connectivity index (χ1v) is 10.0. The van der Waals surface area contributed by atoms with E-state index in [-0.39, 0.29) is 12.1 Å². The zero-order valence-corrected chi connectivity index (χ0v) is 17.5. The molecule has 5 heteroatoms. The third kappa shape index (κ3) is 4.98. The topological polar surface area (TPSA) is 48.4 Å². The first kappa shape index (κ1) is 20.1. The van der Waals surface area contributed by atoms with Crippen LogP contribution in [0.1, 0.15) is 34.1 Å². The van der Waals surface area contributed by atoms with Crippen LogP contribution in [0.3, 0.4) is 0 Å². The molecule has 0 N–H and O–H groups in total. The molecule has 28 heavy (non-hydrogen) atoms. The van der Waals surface area contributed by atoms with Crippen LogP contribution < -0.4 is 4.74 Å². The first-order chi connectivity index (χ1) is 13.2. The molecule has 0 aliphatic rings. The summed E-state index contributed by atoms with van der Waals surface area (Å²) in [6.45, 7) is 11.0. The molecule has 0 radical (unpaired) electrons. The second kappa shape index (κ2) is 8.15. The van der Waals surface area contributed by atoms with E-state index in [4.69, 9.17) is 9.47 Å². The van der Waals surface area contributed by atoms with Gasteiger partial charge < -0.3 is 9.47 Å². The lowest BCUT2D eigenvalue weighted by Gasteiger charge is -2.28. The molecule has 2 aromatic heterocycles. The highest BCUT2D eigenvalue weighted by molar-refractivity contribution is 7.22. The zero-order valence-electron chi connectivity index (χ0n) is 16.7. The largest absolute Gasteiger partial charge is 0.491 e. The number of rotatable bonds is 7. The van der Waals surface area contributed by atoms with Crippen molar-refractivity contribution in [3.63, 3.8) is 0 Å². The number of aromatic nitrogens is 1. The van der Waals surface area contributed by atoms with E-state index in [9.17, 15) is 4.79 Å². The summed E-state index contributed by atoms with van der Waals surface area (Å²) >= 11 is 1.72. The lowest BCUT2D eigenvalue weighted by molar-refractivity contribution is -0.153. The van der Waals surface area contributed by atoms with Crippen LogP contribution in [0.5, 0.6) is 5.75 Å². The Morgan fingerprint density at radius 2 is 2.07 bits per heavy atom. The molecule has 0 aliphatic heterocycles. The van der Waals surface area contributed by atoms with E-state index in [0.29, 0.717) is 12.0 Å². The molecule has 3 aromatic rings. The Balaban J connectivity index is 1.70. The molecule has 4 nitrogen and oxygen atoms in total. The summed E-state index contributed by atoms with van der Waals surface area (Å²) in [5.74, 6) is 0.432. The van der Waals surface area contributed by atoms with Crippen LogP contribution in [0.4, 0.5) is 0 Å². The van der Waals surface area contributed by atoms with E-state index in [1.165, 1.54) is 10.3 Å². The molecule has 3 rings (SSSR count). The summed E-state index contributed by atoms with van der Waals surface area (Å²) in [5.41, 5.74) is 0.880. The standard InChI is InChI=1S/C23H25NO3S/c1-15(2)22(25)27-23(4,5)13-16(3)26-19-9-8-17-11-20(28-21(17)12-19)18-7-6-10-24-14-18/h6-12,14,16H,1,13H2,2-5H3. The maximum Gasteiger partial charge on any atom is 0.333 e. The van der Waals surface area contributed by atoms with E-state index in [2.05, 4.69) is 35.8 Å². The molecule has 0 spiro atoms. The number of fused-ring (bicyclic) bond motifs is 1. The third-order valence-corrected chi connectivity index (χ3v) is 5.42. The Morgan fingerprint density at radius 3 is 2.75 bits per heavy atom. The van der Waals surface area contributed by atoms with Gasteiger partial charge in [0.15, 0.2) is 0 Å². The fourth-order valence-electron chi connectivity index (χ4n) is 3.08. The van der Waals surface area contributed by atoms with Gasteiger partial charge >= 0.3 is 5.97 Å². The van der Waals surface area contributed by atoms with Gasteiger partial charge in [-0.25, -0.2) is 4.79 Å². The minimum Gasteiger partial charge on any atom is -0.491 e. The fraction of sp³-hybridized carbons (Fsp3) is 0.304. The number of pyridine rings is 1. The number of benzene rings is 1. The molecule has 0 saturated carbocycles. The SMILES string of the molecule is C=C(C)C(=O)OC(C)(C)CC(C)Oc1ccc2cc(-c3cccnc3)sc2c1. The van der Waals surface area contributed by atoms with Gasteiger partial charge in [-0.3, -0.25) is 4.98 Å². The molecule has 1 aromatic carbocycles. The quantitative estimate of drug-likeness (QED) is 0.363. The van der Waals surface area contributed by atoms with Gasteiger partial charge in [0, 0.05) is 39.5 Å². The van der Waals surface area contributed by atoms with Crippen LogP contribution in [0, 0.1) is 0 Å². The van der Waals surface area contributed by atoms with Crippen LogP contribution in [0.2, 0.25) is 0 Å². The smallest absolute Gasteiger partial charge is 0.333 e. The van der Waals surface area contributed by atoms with Crippen LogP contribution in [0.15, 0.2) is 60.9 Å². The van der Waals surface area contributed by atoms with E-state index in [1.54, 1.807) is 24.5 Å². The summed E-state index contributed by atoms with van der Waals surface area (Å²) in [7, 11) is 0. The summed E-state index contributed by atoms with van der Waals surface area (Å²) < 4.78 is 12.8. The molecular weight excluding hydrogens is 370 g/mol. The van der Waals surface area contributed by atoms with Crippen LogP contribution in [0.25, 0.3) is 20.5 Å². The zero-order chi connectivity index (χ0) is 20.3. The van der Waals surface area contributed by atoms with Gasteiger partial charge in [0.05, 0.1) is 6.10 Å². The lowest BCUT2D eigenvalue weighted by atomic mass is 10.0. The molecule has 0 saturated heterocycles. The van der Waals surface area contributed by atoms with Crippen molar-refractivity contribution in [2.45, 2.75) is 45.8 Å². The van der Waals surface area contributed by atoms with Crippen molar-refractivity contribution in [1.29, 1.82) is 0 Å². The van der Waals surface area contributed by atoms with Gasteiger partial charge in [0.1, 0.15) is 11.4 Å². The summed E-state index contributed by atoms with van der Waals surface area (Å²) in [4.78, 5) is 17.2. The molecule has 2 heterocycles. The van der Waals surface area contributed by atoms with Crippen molar-refractivity contribution in [3.8, 4) is 16.2 Å². The minimum atomic E-state index is -0.629. The Kier molecular flexibility index (Phi) is 5.84. The van der Waals surface area contributed by atoms with Gasteiger partial charge in [0.2, 0.25) is 0 Å². The Labute approximate surface area is 169 Å². The van der Waals surface area contributed by atoms with Crippen LogP contribution in [-0.2, 0) is 9.53 Å². The Hall–Kier alpha value is -2.66. The van der Waals surface area contributed by atoms with E-state index < -0.39 is 5.60 Å². The number of hydrogen-bond donors (Lipinski definition) is 0. The number of hydrogen-bond acceptors (Lipinski definition) is 5. The average molecular weight is 396 g/mol. The predicted molar refractivity (Wildman–Crippen MR) is 115 cm³/mol. The van der Waals surface area contributed by atoms with Gasteiger partial charge in [-0.1, -0.05) is 12.6 Å². The molecule has 1 atom stereocenters. The maximum atomic E-state index is 11.8. The van der Waals surface area contributed by atoms with Crippen molar-refractivity contribution in [3.05, 3.63) is 60.9 Å². The molecule has 0 amide bonds. The first-order valence-electron chi connectivity index (χ1n) is 9.23. The highest BCUT2D eigenvalue weighted by Crippen LogP contribution is 2.35. The Bertz CT molecular complexity index is 992. The summed E-state index contributed by atoms with van der Waals surface area (Å²) in [6.07, 6.45) is 4.12. The van der Waals surface area contributed by atoms with Gasteiger partial charge in [-0.2, -0.15) is 0 Å². The highest BCUT2D eigenvalue weighted by atomic mass is 32.1. The normalized spacial score (nSPS) is 12.6. The van der Waals surface area contributed by atoms with Crippen LogP contribution in [-0.4, -0.2) is 22.7 Å². The highest BCUT2D eigenvalue weighted by Gasteiger charge is 2.26. The molecule has 0 bridgehead atoms.